The molecule has 3 aliphatic heterocycles. The summed E-state index contributed by atoms with van der Waals surface area (Å²) in [5, 5.41) is 2.02. The normalized spacial score (nSPS) is 30.0. The van der Waals surface area contributed by atoms with Gasteiger partial charge < -0.3 is 9.64 Å². The van der Waals surface area contributed by atoms with E-state index in [9.17, 15) is 13.2 Å². The molecular formula is C19H28N2O4S2. The summed E-state index contributed by atoms with van der Waals surface area (Å²) >= 11 is 1.64. The maximum absolute atomic E-state index is 12.8. The zero-order chi connectivity index (χ0) is 19.0. The highest BCUT2D eigenvalue weighted by molar-refractivity contribution is 7.88. The van der Waals surface area contributed by atoms with E-state index in [2.05, 4.69) is 4.90 Å². The third kappa shape index (κ3) is 4.39. The summed E-state index contributed by atoms with van der Waals surface area (Å²) in [5.74, 6) is 0.255. The second-order valence-corrected chi connectivity index (χ2v) is 11.0. The predicted molar refractivity (Wildman–Crippen MR) is 105 cm³/mol. The first-order valence-electron chi connectivity index (χ1n) is 9.84. The average Bonchev–Trinajstić information content (AvgIpc) is 3.21. The Balaban J connectivity index is 1.29. The number of carbonyl (C=O) groups is 1. The number of nitrogens with zero attached hydrogens (tertiary/aromatic N) is 2. The van der Waals surface area contributed by atoms with E-state index in [0.717, 1.165) is 43.4 Å². The number of amides is 1. The van der Waals surface area contributed by atoms with E-state index in [0.29, 0.717) is 31.6 Å². The lowest BCUT2D eigenvalue weighted by atomic mass is 9.98. The molecule has 0 spiro atoms. The van der Waals surface area contributed by atoms with Gasteiger partial charge in [-0.05, 0) is 50.0 Å². The van der Waals surface area contributed by atoms with Gasteiger partial charge in [-0.2, -0.15) is 0 Å². The Morgan fingerprint density at radius 3 is 2.37 bits per heavy atom. The molecule has 2 bridgehead atoms. The number of carbonyl (C=O) groups excluding carboxylic acids is 1. The molecule has 0 aromatic carbocycles. The van der Waals surface area contributed by atoms with Crippen molar-refractivity contribution in [3.8, 4) is 0 Å². The van der Waals surface area contributed by atoms with Crippen LogP contribution in [0.3, 0.4) is 0 Å². The molecule has 0 aliphatic carbocycles. The van der Waals surface area contributed by atoms with Crippen molar-refractivity contribution in [2.45, 2.75) is 69.2 Å². The third-order valence-corrected chi connectivity index (χ3v) is 8.32. The number of sulfonamides is 1. The summed E-state index contributed by atoms with van der Waals surface area (Å²) < 4.78 is 31.2. The Labute approximate surface area is 165 Å². The summed E-state index contributed by atoms with van der Waals surface area (Å²) in [6.45, 7) is 1.10. The molecule has 0 N–H and O–H groups in total. The van der Waals surface area contributed by atoms with Crippen LogP contribution in [0.4, 0.5) is 0 Å². The first kappa shape index (κ1) is 19.4. The molecule has 27 heavy (non-hydrogen) atoms. The molecule has 1 aromatic rings. The minimum atomic E-state index is -3.09. The Morgan fingerprint density at radius 2 is 1.81 bits per heavy atom. The fraction of sp³-hybridized carbons (Fsp3) is 0.737. The molecule has 1 aromatic heterocycles. The van der Waals surface area contributed by atoms with E-state index >= 15 is 0 Å². The van der Waals surface area contributed by atoms with Crippen molar-refractivity contribution in [3.63, 3.8) is 0 Å². The molecule has 4 rings (SSSR count). The quantitative estimate of drug-likeness (QED) is 0.744. The smallest absolute Gasteiger partial charge is 0.228 e. The lowest BCUT2D eigenvalue weighted by molar-refractivity contribution is -0.139. The number of hydrogen-bond donors (Lipinski definition) is 0. The van der Waals surface area contributed by atoms with Gasteiger partial charge in [0.2, 0.25) is 15.9 Å². The van der Waals surface area contributed by atoms with Gasteiger partial charge in [-0.15, -0.1) is 11.3 Å². The maximum atomic E-state index is 12.8. The van der Waals surface area contributed by atoms with Crippen LogP contribution >= 0.6 is 11.3 Å². The summed E-state index contributed by atoms with van der Waals surface area (Å²) in [4.78, 5) is 16.0. The van der Waals surface area contributed by atoms with Crippen molar-refractivity contribution in [1.29, 1.82) is 0 Å². The zero-order valence-corrected chi connectivity index (χ0v) is 17.4. The minimum Gasteiger partial charge on any atom is -0.375 e. The van der Waals surface area contributed by atoms with Crippen LogP contribution in [0.15, 0.2) is 17.5 Å². The maximum Gasteiger partial charge on any atom is 0.228 e. The van der Waals surface area contributed by atoms with Gasteiger partial charge in [0.25, 0.3) is 0 Å². The highest BCUT2D eigenvalue weighted by Crippen LogP contribution is 2.38. The van der Waals surface area contributed by atoms with E-state index in [4.69, 9.17) is 4.74 Å². The lowest BCUT2D eigenvalue weighted by Crippen LogP contribution is -2.50. The van der Waals surface area contributed by atoms with Crippen LogP contribution < -0.4 is 0 Å². The van der Waals surface area contributed by atoms with Crippen molar-refractivity contribution in [2.75, 3.05) is 19.3 Å². The molecular weight excluding hydrogens is 384 g/mol. The molecule has 3 saturated heterocycles. The number of rotatable bonds is 5. The van der Waals surface area contributed by atoms with Gasteiger partial charge in [-0.3, -0.25) is 4.79 Å². The van der Waals surface area contributed by atoms with E-state index in [1.165, 1.54) is 6.26 Å². The van der Waals surface area contributed by atoms with Crippen LogP contribution in [0.2, 0.25) is 0 Å². The van der Waals surface area contributed by atoms with Crippen molar-refractivity contribution in [1.82, 2.24) is 9.21 Å². The van der Waals surface area contributed by atoms with Gasteiger partial charge in [-0.25, -0.2) is 12.7 Å². The summed E-state index contributed by atoms with van der Waals surface area (Å²) in [7, 11) is -3.09. The standard InChI is InChI=1S/C19H28N2O4S2/c1-27(23,24)20-8-6-16(7-9-20)25-17-11-14-4-5-15(12-17)21(14)19(22)13-18-3-2-10-26-18/h2-3,10,14-17H,4-9,11-13H2,1H3/t14-,15+,17?. The Morgan fingerprint density at radius 1 is 1.15 bits per heavy atom. The van der Waals surface area contributed by atoms with Crippen LogP contribution in [0.25, 0.3) is 0 Å². The van der Waals surface area contributed by atoms with Crippen molar-refractivity contribution < 1.29 is 17.9 Å². The highest BCUT2D eigenvalue weighted by Gasteiger charge is 2.44. The van der Waals surface area contributed by atoms with Crippen molar-refractivity contribution in [3.05, 3.63) is 22.4 Å². The molecule has 4 heterocycles. The first-order valence-corrected chi connectivity index (χ1v) is 12.6. The summed E-state index contributed by atoms with van der Waals surface area (Å²) in [5.41, 5.74) is 0. The minimum absolute atomic E-state index is 0.140. The van der Waals surface area contributed by atoms with E-state index < -0.39 is 10.0 Å². The molecule has 0 radical (unpaired) electrons. The van der Waals surface area contributed by atoms with Crippen LogP contribution in [-0.2, 0) is 26.0 Å². The third-order valence-electron chi connectivity index (χ3n) is 6.14. The second kappa shape index (κ2) is 7.81. The zero-order valence-electron chi connectivity index (χ0n) is 15.7. The van der Waals surface area contributed by atoms with E-state index in [1.54, 1.807) is 15.6 Å². The molecule has 1 unspecified atom stereocenters. The number of piperidine rings is 2. The first-order chi connectivity index (χ1) is 12.9. The largest absolute Gasteiger partial charge is 0.375 e. The van der Waals surface area contributed by atoms with Gasteiger partial charge in [0.15, 0.2) is 0 Å². The Bertz CT molecular complexity index is 743. The summed E-state index contributed by atoms with van der Waals surface area (Å²) in [6.07, 6.45) is 7.64. The molecule has 1 amide bonds. The van der Waals surface area contributed by atoms with Gasteiger partial charge in [-0.1, -0.05) is 6.07 Å². The topological polar surface area (TPSA) is 66.9 Å². The number of ether oxygens (including phenoxy) is 1. The molecule has 6 nitrogen and oxygen atoms in total. The van der Waals surface area contributed by atoms with Crippen molar-refractivity contribution in [2.24, 2.45) is 0 Å². The highest BCUT2D eigenvalue weighted by atomic mass is 32.2. The molecule has 150 valence electrons. The van der Waals surface area contributed by atoms with Gasteiger partial charge in [0.1, 0.15) is 0 Å². The van der Waals surface area contributed by atoms with E-state index in [1.807, 2.05) is 17.5 Å². The predicted octanol–water partition coefficient (Wildman–Crippen LogP) is 2.25. The second-order valence-electron chi connectivity index (χ2n) is 8.03. The van der Waals surface area contributed by atoms with Gasteiger partial charge >= 0.3 is 0 Å². The fourth-order valence-corrected chi connectivity index (χ4v) is 6.44. The van der Waals surface area contributed by atoms with Crippen LogP contribution in [0, 0.1) is 0 Å². The molecule has 3 atom stereocenters. The van der Waals surface area contributed by atoms with E-state index in [-0.39, 0.29) is 18.1 Å². The summed E-state index contributed by atoms with van der Waals surface area (Å²) in [6, 6.07) is 4.63. The van der Waals surface area contributed by atoms with Crippen molar-refractivity contribution >= 4 is 27.3 Å². The monoisotopic (exact) mass is 412 g/mol. The Kier molecular flexibility index (Phi) is 5.60. The molecule has 0 saturated carbocycles. The van der Waals surface area contributed by atoms with Gasteiger partial charge in [0.05, 0.1) is 24.9 Å². The van der Waals surface area contributed by atoms with Gasteiger partial charge in [0, 0.05) is 30.1 Å². The molecule has 3 aliphatic rings. The number of hydrogen-bond acceptors (Lipinski definition) is 5. The number of thiophene rings is 1. The SMILES string of the molecule is CS(=O)(=O)N1CCC(OC2C[C@H]3CC[C@@H](C2)N3C(=O)Cc2cccs2)CC1. The average molecular weight is 413 g/mol. The number of fused-ring (bicyclic) bond motifs is 2. The fourth-order valence-electron chi connectivity index (χ4n) is 4.87. The Hall–Kier alpha value is -0.960. The molecule has 8 heteroatoms. The molecule has 3 fully saturated rings. The van der Waals surface area contributed by atoms with Crippen LogP contribution in [0.5, 0.6) is 0 Å². The van der Waals surface area contributed by atoms with Crippen LogP contribution in [0.1, 0.15) is 43.4 Å². The lowest BCUT2D eigenvalue weighted by Gasteiger charge is -2.41. The van der Waals surface area contributed by atoms with Crippen LogP contribution in [-0.4, -0.2) is 67.2 Å².